The molecule has 1 unspecified atom stereocenters. The second kappa shape index (κ2) is 7.48. The van der Waals surface area contributed by atoms with Gasteiger partial charge >= 0.3 is 0 Å². The van der Waals surface area contributed by atoms with Gasteiger partial charge in [0, 0.05) is 12.7 Å². The van der Waals surface area contributed by atoms with Crippen LogP contribution in [0.4, 0.5) is 0 Å². The summed E-state index contributed by atoms with van der Waals surface area (Å²) < 4.78 is 16.3. The molecule has 0 bridgehead atoms. The fraction of sp³-hybridized carbons (Fsp3) is 0.692. The molecule has 4 nitrogen and oxygen atoms in total. The Kier molecular flexibility index (Phi) is 6.26. The molecule has 0 aliphatic rings. The van der Waals surface area contributed by atoms with Crippen molar-refractivity contribution < 1.29 is 13.9 Å². The fourth-order valence-corrected chi connectivity index (χ4v) is 1.58. The zero-order valence-electron chi connectivity index (χ0n) is 11.2. The third-order valence-electron chi connectivity index (χ3n) is 2.55. The molecule has 1 aromatic heterocycles. The van der Waals surface area contributed by atoms with E-state index >= 15 is 0 Å². The van der Waals surface area contributed by atoms with Crippen LogP contribution in [0.1, 0.15) is 30.9 Å². The van der Waals surface area contributed by atoms with Crippen LogP contribution in [-0.2, 0) is 22.6 Å². The Labute approximate surface area is 103 Å². The van der Waals surface area contributed by atoms with Gasteiger partial charge in [0.25, 0.3) is 0 Å². The Balaban J connectivity index is 2.44. The molecule has 0 saturated heterocycles. The van der Waals surface area contributed by atoms with Crippen LogP contribution in [0.15, 0.2) is 10.5 Å². The predicted octanol–water partition coefficient (Wildman–Crippen LogP) is 2.25. The van der Waals surface area contributed by atoms with E-state index in [4.69, 9.17) is 13.9 Å². The van der Waals surface area contributed by atoms with Gasteiger partial charge in [-0.15, -0.1) is 0 Å². The van der Waals surface area contributed by atoms with E-state index in [1.54, 1.807) is 7.11 Å². The summed E-state index contributed by atoms with van der Waals surface area (Å²) >= 11 is 0. The number of furan rings is 1. The average Bonchev–Trinajstić information content (AvgIpc) is 2.65. The van der Waals surface area contributed by atoms with Crippen molar-refractivity contribution >= 4 is 0 Å². The third kappa shape index (κ3) is 4.89. The minimum atomic E-state index is 0.103. The summed E-state index contributed by atoms with van der Waals surface area (Å²) in [6.45, 7) is 8.94. The lowest BCUT2D eigenvalue weighted by Gasteiger charge is -2.10. The Morgan fingerprint density at radius 3 is 2.88 bits per heavy atom. The molecule has 1 heterocycles. The zero-order valence-corrected chi connectivity index (χ0v) is 11.2. The van der Waals surface area contributed by atoms with E-state index in [0.717, 1.165) is 30.2 Å². The molecule has 0 fully saturated rings. The molecule has 0 aromatic carbocycles. The second-order valence-corrected chi connectivity index (χ2v) is 4.15. The van der Waals surface area contributed by atoms with Crippen molar-refractivity contribution in [2.45, 2.75) is 40.0 Å². The minimum Gasteiger partial charge on any atom is -0.465 e. The first-order chi connectivity index (χ1) is 8.17. The van der Waals surface area contributed by atoms with Crippen LogP contribution < -0.4 is 5.32 Å². The lowest BCUT2D eigenvalue weighted by molar-refractivity contribution is -0.000504. The Bertz CT molecular complexity index is 322. The Hall–Kier alpha value is -0.840. The topological polar surface area (TPSA) is 43.6 Å². The van der Waals surface area contributed by atoms with Crippen LogP contribution >= 0.6 is 0 Å². The number of hydrogen-bond acceptors (Lipinski definition) is 4. The first-order valence-electron chi connectivity index (χ1n) is 6.06. The van der Waals surface area contributed by atoms with E-state index in [1.165, 1.54) is 0 Å². The van der Waals surface area contributed by atoms with Crippen LogP contribution in [0.5, 0.6) is 0 Å². The highest BCUT2D eigenvalue weighted by atomic mass is 16.5. The van der Waals surface area contributed by atoms with Gasteiger partial charge < -0.3 is 19.2 Å². The number of nitrogens with one attached hydrogen (secondary N) is 1. The van der Waals surface area contributed by atoms with Crippen LogP contribution in [0.2, 0.25) is 0 Å². The predicted molar refractivity (Wildman–Crippen MR) is 67.0 cm³/mol. The van der Waals surface area contributed by atoms with Crippen molar-refractivity contribution in [2.24, 2.45) is 0 Å². The van der Waals surface area contributed by atoms with E-state index in [2.05, 4.69) is 18.3 Å². The highest BCUT2D eigenvalue weighted by molar-refractivity contribution is 5.19. The molecule has 0 amide bonds. The number of ether oxygens (including phenoxy) is 2. The molecule has 98 valence electrons. The van der Waals surface area contributed by atoms with E-state index in [-0.39, 0.29) is 6.10 Å². The number of methoxy groups -OCH3 is 1. The van der Waals surface area contributed by atoms with Crippen LogP contribution in [0.25, 0.3) is 0 Å². The summed E-state index contributed by atoms with van der Waals surface area (Å²) in [5, 5.41) is 3.24. The van der Waals surface area contributed by atoms with Crippen molar-refractivity contribution in [1.29, 1.82) is 0 Å². The molecular weight excluding hydrogens is 218 g/mol. The van der Waals surface area contributed by atoms with E-state index in [0.29, 0.717) is 13.2 Å². The molecule has 17 heavy (non-hydrogen) atoms. The molecule has 0 radical (unpaired) electrons. The summed E-state index contributed by atoms with van der Waals surface area (Å²) in [6.07, 6.45) is 0.103. The SMILES string of the molecule is CCNCc1cc(COC(C)COC)c(C)o1. The summed E-state index contributed by atoms with van der Waals surface area (Å²) in [5.74, 6) is 1.89. The maximum Gasteiger partial charge on any atom is 0.118 e. The second-order valence-electron chi connectivity index (χ2n) is 4.15. The van der Waals surface area contributed by atoms with Gasteiger partial charge in [0.05, 0.1) is 25.9 Å². The van der Waals surface area contributed by atoms with Gasteiger partial charge in [0.2, 0.25) is 0 Å². The van der Waals surface area contributed by atoms with Crippen LogP contribution in [0, 0.1) is 6.92 Å². The largest absolute Gasteiger partial charge is 0.465 e. The fourth-order valence-electron chi connectivity index (χ4n) is 1.58. The summed E-state index contributed by atoms with van der Waals surface area (Å²) in [7, 11) is 1.68. The normalized spacial score (nSPS) is 12.9. The van der Waals surface area contributed by atoms with Gasteiger partial charge in [-0.25, -0.2) is 0 Å². The first-order valence-corrected chi connectivity index (χ1v) is 6.06. The summed E-state index contributed by atoms with van der Waals surface area (Å²) in [5.41, 5.74) is 1.11. The highest BCUT2D eigenvalue weighted by Gasteiger charge is 2.09. The number of aryl methyl sites for hydroxylation is 1. The van der Waals surface area contributed by atoms with Gasteiger partial charge in [0.15, 0.2) is 0 Å². The van der Waals surface area contributed by atoms with Crippen molar-refractivity contribution in [1.82, 2.24) is 5.32 Å². The minimum absolute atomic E-state index is 0.103. The molecule has 1 rings (SSSR count). The summed E-state index contributed by atoms with van der Waals surface area (Å²) in [4.78, 5) is 0. The smallest absolute Gasteiger partial charge is 0.118 e. The molecule has 1 aromatic rings. The van der Waals surface area contributed by atoms with Crippen molar-refractivity contribution in [3.05, 3.63) is 23.2 Å². The maximum atomic E-state index is 5.66. The molecule has 4 heteroatoms. The maximum absolute atomic E-state index is 5.66. The average molecular weight is 241 g/mol. The monoisotopic (exact) mass is 241 g/mol. The molecule has 1 N–H and O–H groups in total. The van der Waals surface area contributed by atoms with Gasteiger partial charge in [-0.3, -0.25) is 0 Å². The quantitative estimate of drug-likeness (QED) is 0.758. The van der Waals surface area contributed by atoms with Gasteiger partial charge in [-0.2, -0.15) is 0 Å². The molecule has 0 saturated carbocycles. The molecule has 1 atom stereocenters. The van der Waals surface area contributed by atoms with Crippen molar-refractivity contribution in [2.75, 3.05) is 20.3 Å². The standard InChI is InChI=1S/C13H23NO3/c1-5-14-7-13-6-12(11(3)17-13)9-16-10(2)8-15-4/h6,10,14H,5,7-9H2,1-4H3. The number of rotatable bonds is 8. The van der Waals surface area contributed by atoms with Gasteiger partial charge in [0.1, 0.15) is 11.5 Å². The van der Waals surface area contributed by atoms with Crippen molar-refractivity contribution in [3.8, 4) is 0 Å². The summed E-state index contributed by atoms with van der Waals surface area (Å²) in [6, 6.07) is 2.05. The molecular formula is C13H23NO3. The molecule has 0 aliphatic heterocycles. The Morgan fingerprint density at radius 2 is 2.24 bits per heavy atom. The molecule has 0 aliphatic carbocycles. The van der Waals surface area contributed by atoms with Crippen LogP contribution in [-0.4, -0.2) is 26.4 Å². The zero-order chi connectivity index (χ0) is 12.7. The molecule has 0 spiro atoms. The van der Waals surface area contributed by atoms with E-state index in [9.17, 15) is 0 Å². The first kappa shape index (κ1) is 14.2. The lowest BCUT2D eigenvalue weighted by Crippen LogP contribution is -2.14. The third-order valence-corrected chi connectivity index (χ3v) is 2.55. The number of hydrogen-bond donors (Lipinski definition) is 1. The lowest BCUT2D eigenvalue weighted by atomic mass is 10.2. The van der Waals surface area contributed by atoms with E-state index < -0.39 is 0 Å². The van der Waals surface area contributed by atoms with E-state index in [1.807, 2.05) is 13.8 Å². The van der Waals surface area contributed by atoms with Gasteiger partial charge in [-0.05, 0) is 26.5 Å². The van der Waals surface area contributed by atoms with Crippen LogP contribution in [0.3, 0.4) is 0 Å². The van der Waals surface area contributed by atoms with Gasteiger partial charge in [-0.1, -0.05) is 6.92 Å². The highest BCUT2D eigenvalue weighted by Crippen LogP contribution is 2.16. The van der Waals surface area contributed by atoms with Crippen molar-refractivity contribution in [3.63, 3.8) is 0 Å². The Morgan fingerprint density at radius 1 is 1.47 bits per heavy atom.